The van der Waals surface area contributed by atoms with Gasteiger partial charge in [0.2, 0.25) is 0 Å². The van der Waals surface area contributed by atoms with Crippen LogP contribution < -0.4 is 0 Å². The summed E-state index contributed by atoms with van der Waals surface area (Å²) in [5, 5.41) is 17.7. The Kier molecular flexibility index (Phi) is 3.41. The van der Waals surface area contributed by atoms with E-state index in [9.17, 15) is 0 Å². The molecule has 0 aromatic heterocycles. The lowest BCUT2D eigenvalue weighted by molar-refractivity contribution is 0.0517. The van der Waals surface area contributed by atoms with Gasteiger partial charge in [-0.05, 0) is 6.92 Å². The monoisotopic (exact) mass is 142 g/mol. The van der Waals surface area contributed by atoms with Gasteiger partial charge in [0.1, 0.15) is 5.60 Å². The molecular weight excluding hydrogens is 128 g/mol. The summed E-state index contributed by atoms with van der Waals surface area (Å²) in [6.07, 6.45) is 0. The molecule has 0 spiro atoms. The maximum atomic E-state index is 9.15. The van der Waals surface area contributed by atoms with E-state index < -0.39 is 5.60 Å². The van der Waals surface area contributed by atoms with E-state index in [1.54, 1.807) is 0 Å². The molecule has 0 aromatic carbocycles. The Morgan fingerprint density at radius 2 is 2.00 bits per heavy atom. The summed E-state index contributed by atoms with van der Waals surface area (Å²) in [5.41, 5.74) is -1.23. The molecule has 0 fully saturated rings. The van der Waals surface area contributed by atoms with Crippen LogP contribution in [0.25, 0.3) is 0 Å². The van der Waals surface area contributed by atoms with Gasteiger partial charge in [-0.1, -0.05) is 25.7 Å². The van der Waals surface area contributed by atoms with E-state index in [1.807, 2.05) is 13.8 Å². The first-order chi connectivity index (χ1) is 4.48. The molecule has 0 bridgehead atoms. The standard InChI is InChI=1S/C8H14O2/c1-7(2)4-5-8(3,10)6-9/h7,9-10H,6H2,1-3H3. The molecule has 0 radical (unpaired) electrons. The van der Waals surface area contributed by atoms with E-state index in [0.717, 1.165) is 0 Å². The molecule has 0 saturated heterocycles. The third-order valence-electron chi connectivity index (χ3n) is 0.938. The first-order valence-electron chi connectivity index (χ1n) is 3.34. The largest absolute Gasteiger partial charge is 0.392 e. The van der Waals surface area contributed by atoms with Crippen LogP contribution in [0, 0.1) is 17.8 Å². The van der Waals surface area contributed by atoms with Gasteiger partial charge in [-0.2, -0.15) is 0 Å². The van der Waals surface area contributed by atoms with E-state index >= 15 is 0 Å². The number of rotatable bonds is 1. The molecule has 0 saturated carbocycles. The SMILES string of the molecule is CC(C)C#CC(C)(O)CO. The number of aliphatic hydroxyl groups excluding tert-OH is 1. The molecule has 2 nitrogen and oxygen atoms in total. The van der Waals surface area contributed by atoms with Crippen LogP contribution in [0.5, 0.6) is 0 Å². The van der Waals surface area contributed by atoms with Crippen molar-refractivity contribution >= 4 is 0 Å². The minimum atomic E-state index is -1.23. The summed E-state index contributed by atoms with van der Waals surface area (Å²) in [6.45, 7) is 5.04. The predicted molar refractivity (Wildman–Crippen MR) is 40.3 cm³/mol. The summed E-state index contributed by atoms with van der Waals surface area (Å²) in [7, 11) is 0. The second-order valence-corrected chi connectivity index (χ2v) is 2.86. The summed E-state index contributed by atoms with van der Waals surface area (Å²) < 4.78 is 0. The van der Waals surface area contributed by atoms with Gasteiger partial charge in [0, 0.05) is 5.92 Å². The van der Waals surface area contributed by atoms with Crippen LogP contribution in [-0.2, 0) is 0 Å². The van der Waals surface area contributed by atoms with Gasteiger partial charge in [0.25, 0.3) is 0 Å². The molecule has 0 amide bonds. The Morgan fingerprint density at radius 1 is 1.50 bits per heavy atom. The number of aliphatic hydroxyl groups is 2. The van der Waals surface area contributed by atoms with Crippen molar-refractivity contribution < 1.29 is 10.2 Å². The van der Waals surface area contributed by atoms with Gasteiger partial charge in [-0.25, -0.2) is 0 Å². The normalized spacial score (nSPS) is 15.8. The average molecular weight is 142 g/mol. The van der Waals surface area contributed by atoms with Crippen molar-refractivity contribution in [2.75, 3.05) is 6.61 Å². The van der Waals surface area contributed by atoms with Crippen molar-refractivity contribution in [1.29, 1.82) is 0 Å². The van der Waals surface area contributed by atoms with E-state index in [2.05, 4.69) is 11.8 Å². The fourth-order valence-corrected chi connectivity index (χ4v) is 0.339. The fraction of sp³-hybridized carbons (Fsp3) is 0.750. The average Bonchev–Trinajstić information content (AvgIpc) is 1.85. The summed E-state index contributed by atoms with van der Waals surface area (Å²) >= 11 is 0. The number of hydrogen-bond acceptors (Lipinski definition) is 2. The van der Waals surface area contributed by atoms with Crippen molar-refractivity contribution in [2.24, 2.45) is 5.92 Å². The van der Waals surface area contributed by atoms with Gasteiger partial charge in [0.05, 0.1) is 6.61 Å². The highest BCUT2D eigenvalue weighted by Crippen LogP contribution is 1.99. The van der Waals surface area contributed by atoms with Crippen molar-refractivity contribution in [3.05, 3.63) is 0 Å². The Morgan fingerprint density at radius 3 is 2.30 bits per heavy atom. The molecule has 2 heteroatoms. The Labute approximate surface area is 61.9 Å². The zero-order chi connectivity index (χ0) is 8.20. The zero-order valence-electron chi connectivity index (χ0n) is 6.68. The number of hydrogen-bond donors (Lipinski definition) is 2. The first kappa shape index (κ1) is 9.48. The lowest BCUT2D eigenvalue weighted by Crippen LogP contribution is -2.26. The summed E-state index contributed by atoms with van der Waals surface area (Å²) in [6, 6.07) is 0. The van der Waals surface area contributed by atoms with E-state index in [4.69, 9.17) is 10.2 Å². The Bertz CT molecular complexity index is 148. The van der Waals surface area contributed by atoms with Crippen LogP contribution >= 0.6 is 0 Å². The molecule has 0 aliphatic carbocycles. The second kappa shape index (κ2) is 3.60. The molecule has 10 heavy (non-hydrogen) atoms. The molecule has 1 atom stereocenters. The molecule has 0 heterocycles. The van der Waals surface area contributed by atoms with Crippen molar-refractivity contribution in [3.8, 4) is 11.8 Å². The van der Waals surface area contributed by atoms with Crippen LogP contribution in [0.15, 0.2) is 0 Å². The minimum absolute atomic E-state index is 0.234. The van der Waals surface area contributed by atoms with Crippen LogP contribution in [0.3, 0.4) is 0 Å². The van der Waals surface area contributed by atoms with Crippen LogP contribution in [0.2, 0.25) is 0 Å². The third kappa shape index (κ3) is 4.37. The van der Waals surface area contributed by atoms with Gasteiger partial charge in [0.15, 0.2) is 0 Å². The minimum Gasteiger partial charge on any atom is -0.392 e. The highest BCUT2D eigenvalue weighted by molar-refractivity contribution is 5.12. The zero-order valence-corrected chi connectivity index (χ0v) is 6.68. The molecule has 0 aliphatic heterocycles. The fourth-order valence-electron chi connectivity index (χ4n) is 0.339. The smallest absolute Gasteiger partial charge is 0.145 e. The summed E-state index contributed by atoms with van der Waals surface area (Å²) in [5.74, 6) is 5.57. The van der Waals surface area contributed by atoms with E-state index in [-0.39, 0.29) is 12.5 Å². The van der Waals surface area contributed by atoms with Crippen LogP contribution in [-0.4, -0.2) is 22.4 Å². The summed E-state index contributed by atoms with van der Waals surface area (Å²) in [4.78, 5) is 0. The Balaban J connectivity index is 4.02. The highest BCUT2D eigenvalue weighted by atomic mass is 16.3. The molecule has 0 aromatic rings. The van der Waals surface area contributed by atoms with Gasteiger partial charge in [-0.3, -0.25) is 0 Å². The Hall–Kier alpha value is -0.520. The maximum Gasteiger partial charge on any atom is 0.145 e. The molecule has 2 N–H and O–H groups in total. The van der Waals surface area contributed by atoms with E-state index in [1.165, 1.54) is 6.92 Å². The quantitative estimate of drug-likeness (QED) is 0.520. The van der Waals surface area contributed by atoms with Crippen molar-refractivity contribution in [3.63, 3.8) is 0 Å². The van der Waals surface area contributed by atoms with Crippen LogP contribution in [0.1, 0.15) is 20.8 Å². The van der Waals surface area contributed by atoms with Gasteiger partial charge >= 0.3 is 0 Å². The highest BCUT2D eigenvalue weighted by Gasteiger charge is 2.13. The lowest BCUT2D eigenvalue weighted by atomic mass is 10.1. The second-order valence-electron chi connectivity index (χ2n) is 2.86. The van der Waals surface area contributed by atoms with Crippen molar-refractivity contribution in [2.45, 2.75) is 26.4 Å². The third-order valence-corrected chi connectivity index (χ3v) is 0.938. The van der Waals surface area contributed by atoms with Crippen molar-refractivity contribution in [1.82, 2.24) is 0 Å². The molecular formula is C8H14O2. The molecule has 58 valence electrons. The molecule has 0 aliphatic rings. The van der Waals surface area contributed by atoms with Gasteiger partial charge < -0.3 is 10.2 Å². The predicted octanol–water partition coefficient (Wildman–Crippen LogP) is 0.389. The molecule has 1 unspecified atom stereocenters. The topological polar surface area (TPSA) is 40.5 Å². The maximum absolute atomic E-state index is 9.15. The van der Waals surface area contributed by atoms with Gasteiger partial charge in [-0.15, -0.1) is 0 Å². The van der Waals surface area contributed by atoms with Crippen LogP contribution in [0.4, 0.5) is 0 Å². The first-order valence-corrected chi connectivity index (χ1v) is 3.34. The molecule has 0 rings (SSSR count). The van der Waals surface area contributed by atoms with E-state index in [0.29, 0.717) is 0 Å². The lowest BCUT2D eigenvalue weighted by Gasteiger charge is -2.11.